The molecule has 170 valence electrons. The van der Waals surface area contributed by atoms with Gasteiger partial charge < -0.3 is 10.1 Å². The Morgan fingerprint density at radius 2 is 1.85 bits per heavy atom. The highest BCUT2D eigenvalue weighted by Crippen LogP contribution is 2.23. The van der Waals surface area contributed by atoms with E-state index < -0.39 is 0 Å². The highest BCUT2D eigenvalue weighted by molar-refractivity contribution is 7.99. The van der Waals surface area contributed by atoms with Crippen molar-refractivity contribution in [3.8, 4) is 5.75 Å². The normalized spacial score (nSPS) is 11.2. The molecule has 2 aromatic heterocycles. The minimum atomic E-state index is -0.145. The first kappa shape index (κ1) is 23.1. The van der Waals surface area contributed by atoms with Crippen LogP contribution in [0.5, 0.6) is 5.75 Å². The third kappa shape index (κ3) is 5.46. The Balaban J connectivity index is 1.52. The maximum absolute atomic E-state index is 13.2. The largest absolute Gasteiger partial charge is 0.497 e. The van der Waals surface area contributed by atoms with Gasteiger partial charge in [0.15, 0.2) is 5.16 Å². The van der Waals surface area contributed by atoms with Crippen molar-refractivity contribution in [3.63, 3.8) is 0 Å². The van der Waals surface area contributed by atoms with Crippen molar-refractivity contribution in [3.05, 3.63) is 81.5 Å². The molecule has 0 radical (unpaired) electrons. The Morgan fingerprint density at radius 1 is 1.12 bits per heavy atom. The van der Waals surface area contributed by atoms with Gasteiger partial charge in [0, 0.05) is 5.69 Å². The summed E-state index contributed by atoms with van der Waals surface area (Å²) in [6, 6.07) is 17.3. The fraction of sp³-hybridized carbons (Fsp3) is 0.240. The summed E-state index contributed by atoms with van der Waals surface area (Å²) in [6.45, 7) is 4.63. The number of nitrogens with zero attached hydrogens (tertiary/aromatic N) is 2. The Kier molecular flexibility index (Phi) is 7.15. The third-order valence-electron chi connectivity index (χ3n) is 5.22. The van der Waals surface area contributed by atoms with Gasteiger partial charge in [0.2, 0.25) is 5.91 Å². The van der Waals surface area contributed by atoms with Crippen LogP contribution in [0, 0.1) is 0 Å². The third-order valence-corrected chi connectivity index (χ3v) is 7.09. The number of aromatic nitrogens is 2. The Bertz CT molecular complexity index is 1310. The van der Waals surface area contributed by atoms with Crippen LogP contribution in [0.3, 0.4) is 0 Å². The molecule has 0 bridgehead atoms. The Morgan fingerprint density at radius 3 is 2.52 bits per heavy atom. The van der Waals surface area contributed by atoms with Crippen LogP contribution in [-0.2, 0) is 11.3 Å². The van der Waals surface area contributed by atoms with E-state index in [0.29, 0.717) is 27.8 Å². The van der Waals surface area contributed by atoms with Crippen molar-refractivity contribution in [1.29, 1.82) is 0 Å². The second-order valence-corrected chi connectivity index (χ2v) is 9.74. The van der Waals surface area contributed by atoms with Crippen molar-refractivity contribution in [2.75, 3.05) is 18.2 Å². The number of ether oxygens (including phenoxy) is 1. The zero-order chi connectivity index (χ0) is 23.4. The van der Waals surface area contributed by atoms with Gasteiger partial charge in [-0.25, -0.2) is 4.98 Å². The molecule has 0 aliphatic rings. The number of rotatable bonds is 8. The number of carbonyl (C=O) groups is 1. The lowest BCUT2D eigenvalue weighted by Crippen LogP contribution is -2.24. The van der Waals surface area contributed by atoms with Crippen LogP contribution in [0.4, 0.5) is 5.69 Å². The molecule has 4 aromatic rings. The molecule has 0 unspecified atom stereocenters. The van der Waals surface area contributed by atoms with Crippen LogP contribution in [0.1, 0.15) is 30.9 Å². The van der Waals surface area contributed by atoms with E-state index in [4.69, 9.17) is 4.74 Å². The van der Waals surface area contributed by atoms with E-state index in [1.807, 2.05) is 60.0 Å². The Hall–Kier alpha value is -3.10. The predicted molar refractivity (Wildman–Crippen MR) is 136 cm³/mol. The molecule has 8 heteroatoms. The molecule has 0 spiro atoms. The topological polar surface area (TPSA) is 73.2 Å². The summed E-state index contributed by atoms with van der Waals surface area (Å²) in [5.74, 6) is 1.20. The van der Waals surface area contributed by atoms with Gasteiger partial charge in [-0.1, -0.05) is 49.9 Å². The molecule has 0 aliphatic carbocycles. The zero-order valence-corrected chi connectivity index (χ0v) is 20.3. The lowest BCUT2D eigenvalue weighted by atomic mass is 10.0. The summed E-state index contributed by atoms with van der Waals surface area (Å²) in [4.78, 5) is 30.4. The van der Waals surface area contributed by atoms with Gasteiger partial charge in [-0.15, -0.1) is 11.3 Å². The maximum atomic E-state index is 13.2. The number of carbonyl (C=O) groups excluding carboxylic acids is 1. The molecule has 2 aromatic carbocycles. The smallest absolute Gasteiger partial charge is 0.272 e. The second kappa shape index (κ2) is 10.2. The van der Waals surface area contributed by atoms with E-state index in [1.165, 1.54) is 28.7 Å². The van der Waals surface area contributed by atoms with Gasteiger partial charge in [0.05, 0.1) is 24.9 Å². The first-order valence-electron chi connectivity index (χ1n) is 10.6. The fourth-order valence-electron chi connectivity index (χ4n) is 3.37. The number of nitrogens with one attached hydrogen (secondary N) is 1. The molecule has 6 nitrogen and oxygen atoms in total. The SMILES string of the molecule is COc1ccc(Cn2c(SCC(=O)Nc3ccc(C(C)C)cc3)nc3ccsc3c2=O)cc1. The Labute approximate surface area is 200 Å². The predicted octanol–water partition coefficient (Wildman–Crippen LogP) is 5.37. The van der Waals surface area contributed by atoms with Crippen LogP contribution >= 0.6 is 23.1 Å². The quantitative estimate of drug-likeness (QED) is 0.272. The number of fused-ring (bicyclic) bond motifs is 1. The molecule has 0 saturated carbocycles. The van der Waals surface area contributed by atoms with E-state index in [2.05, 4.69) is 24.1 Å². The van der Waals surface area contributed by atoms with Crippen molar-refractivity contribution < 1.29 is 9.53 Å². The second-order valence-electron chi connectivity index (χ2n) is 7.88. The van der Waals surface area contributed by atoms with Gasteiger partial charge in [-0.05, 0) is 52.8 Å². The molecular weight excluding hydrogens is 454 g/mol. The number of thiophene rings is 1. The van der Waals surface area contributed by atoms with Gasteiger partial charge in [-0.3, -0.25) is 14.2 Å². The van der Waals surface area contributed by atoms with Crippen molar-refractivity contribution >= 4 is 44.9 Å². The van der Waals surface area contributed by atoms with Crippen molar-refractivity contribution in [2.24, 2.45) is 0 Å². The molecule has 2 heterocycles. The number of methoxy groups -OCH3 is 1. The molecule has 33 heavy (non-hydrogen) atoms. The minimum Gasteiger partial charge on any atom is -0.497 e. The summed E-state index contributed by atoms with van der Waals surface area (Å²) in [7, 11) is 1.62. The maximum Gasteiger partial charge on any atom is 0.272 e. The first-order valence-corrected chi connectivity index (χ1v) is 12.4. The van der Waals surface area contributed by atoms with E-state index in [0.717, 1.165) is 17.0 Å². The summed E-state index contributed by atoms with van der Waals surface area (Å²) < 4.78 is 7.47. The molecule has 1 N–H and O–H groups in total. The number of benzene rings is 2. The average molecular weight is 480 g/mol. The van der Waals surface area contributed by atoms with Gasteiger partial charge in [-0.2, -0.15) is 0 Å². The lowest BCUT2D eigenvalue weighted by molar-refractivity contribution is -0.113. The highest BCUT2D eigenvalue weighted by atomic mass is 32.2. The number of hydrogen-bond acceptors (Lipinski definition) is 6. The van der Waals surface area contributed by atoms with Crippen LogP contribution in [0.15, 0.2) is 69.9 Å². The first-order chi connectivity index (χ1) is 15.9. The highest BCUT2D eigenvalue weighted by Gasteiger charge is 2.15. The van der Waals surface area contributed by atoms with Crippen molar-refractivity contribution in [2.45, 2.75) is 31.5 Å². The zero-order valence-electron chi connectivity index (χ0n) is 18.7. The van der Waals surface area contributed by atoms with E-state index in [-0.39, 0.29) is 17.2 Å². The van der Waals surface area contributed by atoms with Crippen molar-refractivity contribution in [1.82, 2.24) is 9.55 Å². The van der Waals surface area contributed by atoms with Gasteiger partial charge >= 0.3 is 0 Å². The molecule has 0 saturated heterocycles. The molecule has 0 atom stereocenters. The monoisotopic (exact) mass is 479 g/mol. The van der Waals surface area contributed by atoms with E-state index in [9.17, 15) is 9.59 Å². The molecule has 1 amide bonds. The van der Waals surface area contributed by atoms with Crippen LogP contribution in [0.2, 0.25) is 0 Å². The summed E-state index contributed by atoms with van der Waals surface area (Å²) in [6.07, 6.45) is 0. The van der Waals surface area contributed by atoms with E-state index in [1.54, 1.807) is 11.7 Å². The lowest BCUT2D eigenvalue weighted by Gasteiger charge is -2.13. The van der Waals surface area contributed by atoms with Crippen LogP contribution in [0.25, 0.3) is 10.2 Å². The number of amides is 1. The van der Waals surface area contributed by atoms with Crippen LogP contribution in [-0.4, -0.2) is 28.3 Å². The number of anilines is 1. The molecule has 0 fully saturated rings. The van der Waals surface area contributed by atoms with Crippen LogP contribution < -0.4 is 15.6 Å². The molecule has 0 aliphatic heterocycles. The molecule has 4 rings (SSSR count). The average Bonchev–Trinajstić information content (AvgIpc) is 3.29. The number of thioether (sulfide) groups is 1. The fourth-order valence-corrected chi connectivity index (χ4v) is 4.94. The number of hydrogen-bond donors (Lipinski definition) is 1. The summed E-state index contributed by atoms with van der Waals surface area (Å²) >= 11 is 2.64. The van der Waals surface area contributed by atoms with E-state index >= 15 is 0 Å². The summed E-state index contributed by atoms with van der Waals surface area (Å²) in [5, 5.41) is 5.30. The molecular formula is C25H25N3O3S2. The van der Waals surface area contributed by atoms with Gasteiger partial charge in [0.25, 0.3) is 5.56 Å². The standard InChI is InChI=1S/C25H25N3O3S2/c1-16(2)18-6-8-19(9-7-18)26-22(29)15-33-25-27-21-12-13-32-23(21)24(30)28(25)14-17-4-10-20(31-3)11-5-17/h4-13,16H,14-15H2,1-3H3,(H,26,29). The summed E-state index contributed by atoms with van der Waals surface area (Å²) in [5.41, 5.74) is 3.48. The van der Waals surface area contributed by atoms with Gasteiger partial charge in [0.1, 0.15) is 10.4 Å². The minimum absolute atomic E-state index is 0.0991.